The fraction of sp³-hybridized carbons (Fsp3) is 0.435. The van der Waals surface area contributed by atoms with Crippen LogP contribution in [0.5, 0.6) is 0 Å². The SMILES string of the molecule is O=C(NCCCCN1CCN2c3ccccc3CCC2C1)c1ccc(Cl)c(Cl)c1. The van der Waals surface area contributed by atoms with Crippen LogP contribution in [-0.4, -0.2) is 49.6 Å². The summed E-state index contributed by atoms with van der Waals surface area (Å²) >= 11 is 11.9. The molecule has 6 heteroatoms. The van der Waals surface area contributed by atoms with E-state index in [9.17, 15) is 4.79 Å². The van der Waals surface area contributed by atoms with Crippen molar-refractivity contribution in [3.05, 3.63) is 63.6 Å². The number of unbranched alkanes of at least 4 members (excludes halogenated alkanes) is 1. The Bertz CT molecular complexity index is 873. The number of hydrogen-bond acceptors (Lipinski definition) is 3. The van der Waals surface area contributed by atoms with E-state index in [2.05, 4.69) is 39.4 Å². The van der Waals surface area contributed by atoms with Gasteiger partial charge in [-0.05, 0) is 62.1 Å². The summed E-state index contributed by atoms with van der Waals surface area (Å²) in [4.78, 5) is 17.4. The van der Waals surface area contributed by atoms with Gasteiger partial charge in [0.05, 0.1) is 10.0 Å². The molecule has 0 radical (unpaired) electrons. The number of halogens is 2. The van der Waals surface area contributed by atoms with Gasteiger partial charge in [-0.15, -0.1) is 0 Å². The van der Waals surface area contributed by atoms with E-state index in [0.29, 0.717) is 28.2 Å². The first-order valence-corrected chi connectivity index (χ1v) is 11.2. The van der Waals surface area contributed by atoms with Crippen LogP contribution in [0, 0.1) is 0 Å². The number of nitrogens with one attached hydrogen (secondary N) is 1. The van der Waals surface area contributed by atoms with E-state index < -0.39 is 0 Å². The van der Waals surface area contributed by atoms with Crippen molar-refractivity contribution in [3.8, 4) is 0 Å². The molecule has 1 saturated heterocycles. The number of para-hydroxylation sites is 1. The van der Waals surface area contributed by atoms with E-state index in [1.54, 1.807) is 18.2 Å². The molecule has 4 nitrogen and oxygen atoms in total. The maximum atomic E-state index is 12.2. The van der Waals surface area contributed by atoms with Gasteiger partial charge in [-0.3, -0.25) is 9.69 Å². The fourth-order valence-electron chi connectivity index (χ4n) is 4.41. The van der Waals surface area contributed by atoms with Crippen LogP contribution in [0.15, 0.2) is 42.5 Å². The van der Waals surface area contributed by atoms with Gasteiger partial charge in [0.2, 0.25) is 0 Å². The van der Waals surface area contributed by atoms with E-state index in [-0.39, 0.29) is 5.91 Å². The second-order valence-corrected chi connectivity index (χ2v) is 8.72. The Morgan fingerprint density at radius 3 is 2.79 bits per heavy atom. The van der Waals surface area contributed by atoms with Crippen molar-refractivity contribution >= 4 is 34.8 Å². The van der Waals surface area contributed by atoms with E-state index in [0.717, 1.165) is 39.0 Å². The quantitative estimate of drug-likeness (QED) is 0.676. The zero-order valence-electron chi connectivity index (χ0n) is 16.5. The van der Waals surface area contributed by atoms with Crippen molar-refractivity contribution in [2.45, 2.75) is 31.7 Å². The Labute approximate surface area is 182 Å². The molecule has 1 N–H and O–H groups in total. The number of amides is 1. The Morgan fingerprint density at radius 2 is 1.93 bits per heavy atom. The molecule has 2 aliphatic heterocycles. The molecular formula is C23H27Cl2N3O. The molecule has 1 unspecified atom stereocenters. The van der Waals surface area contributed by atoms with Crippen molar-refractivity contribution in [1.82, 2.24) is 10.2 Å². The number of piperazine rings is 1. The number of hydrogen-bond donors (Lipinski definition) is 1. The second kappa shape index (κ2) is 9.38. The maximum absolute atomic E-state index is 12.2. The summed E-state index contributed by atoms with van der Waals surface area (Å²) in [5.41, 5.74) is 3.48. The summed E-state index contributed by atoms with van der Waals surface area (Å²) in [6.07, 6.45) is 4.49. The molecule has 29 heavy (non-hydrogen) atoms. The van der Waals surface area contributed by atoms with E-state index >= 15 is 0 Å². The minimum atomic E-state index is -0.0990. The number of benzene rings is 2. The molecule has 0 aliphatic carbocycles. The van der Waals surface area contributed by atoms with Crippen LogP contribution in [0.25, 0.3) is 0 Å². The maximum Gasteiger partial charge on any atom is 0.251 e. The fourth-order valence-corrected chi connectivity index (χ4v) is 4.71. The third-order valence-corrected chi connectivity index (χ3v) is 6.72. The number of aryl methyl sites for hydroxylation is 1. The molecule has 2 aromatic rings. The molecule has 2 aliphatic rings. The predicted octanol–water partition coefficient (Wildman–Crippen LogP) is 4.64. The van der Waals surface area contributed by atoms with Gasteiger partial charge >= 0.3 is 0 Å². The minimum Gasteiger partial charge on any atom is -0.366 e. The van der Waals surface area contributed by atoms with Crippen LogP contribution in [0.4, 0.5) is 5.69 Å². The minimum absolute atomic E-state index is 0.0990. The first kappa shape index (κ1) is 20.5. The average Bonchev–Trinajstić information content (AvgIpc) is 2.75. The number of carbonyl (C=O) groups is 1. The van der Waals surface area contributed by atoms with Crippen molar-refractivity contribution in [3.63, 3.8) is 0 Å². The van der Waals surface area contributed by atoms with Gasteiger partial charge in [0, 0.05) is 43.5 Å². The van der Waals surface area contributed by atoms with Gasteiger partial charge in [-0.25, -0.2) is 0 Å². The lowest BCUT2D eigenvalue weighted by atomic mass is 9.94. The molecule has 2 aromatic carbocycles. The van der Waals surface area contributed by atoms with Gasteiger partial charge in [-0.1, -0.05) is 41.4 Å². The van der Waals surface area contributed by atoms with E-state index in [1.807, 2.05) is 0 Å². The molecule has 1 amide bonds. The first-order chi connectivity index (χ1) is 14.1. The highest BCUT2D eigenvalue weighted by atomic mass is 35.5. The summed E-state index contributed by atoms with van der Waals surface area (Å²) in [6.45, 7) is 5.13. The van der Waals surface area contributed by atoms with Gasteiger partial charge in [-0.2, -0.15) is 0 Å². The Hall–Kier alpha value is -1.75. The van der Waals surface area contributed by atoms with Crippen LogP contribution in [-0.2, 0) is 6.42 Å². The van der Waals surface area contributed by atoms with E-state index in [4.69, 9.17) is 23.2 Å². The lowest BCUT2D eigenvalue weighted by Crippen LogP contribution is -2.55. The van der Waals surface area contributed by atoms with Gasteiger partial charge in [0.15, 0.2) is 0 Å². The van der Waals surface area contributed by atoms with Gasteiger partial charge in [0.1, 0.15) is 0 Å². The third kappa shape index (κ3) is 4.88. The van der Waals surface area contributed by atoms with Crippen LogP contribution >= 0.6 is 23.2 Å². The predicted molar refractivity (Wildman–Crippen MR) is 120 cm³/mol. The molecule has 2 heterocycles. The summed E-state index contributed by atoms with van der Waals surface area (Å²) in [7, 11) is 0. The monoisotopic (exact) mass is 431 g/mol. The highest BCUT2D eigenvalue weighted by Crippen LogP contribution is 2.32. The summed E-state index contributed by atoms with van der Waals surface area (Å²) in [5, 5.41) is 3.84. The topological polar surface area (TPSA) is 35.6 Å². The van der Waals surface area contributed by atoms with Crippen LogP contribution in [0.3, 0.4) is 0 Å². The van der Waals surface area contributed by atoms with Gasteiger partial charge in [0.25, 0.3) is 5.91 Å². The summed E-state index contributed by atoms with van der Waals surface area (Å²) in [5.74, 6) is -0.0990. The number of rotatable bonds is 6. The molecule has 0 saturated carbocycles. The lowest BCUT2D eigenvalue weighted by molar-refractivity contribution is 0.0952. The van der Waals surface area contributed by atoms with Crippen molar-refractivity contribution in [2.24, 2.45) is 0 Å². The van der Waals surface area contributed by atoms with Crippen molar-refractivity contribution in [1.29, 1.82) is 0 Å². The summed E-state index contributed by atoms with van der Waals surface area (Å²) in [6, 6.07) is 14.4. The molecular weight excluding hydrogens is 405 g/mol. The average molecular weight is 432 g/mol. The van der Waals surface area contributed by atoms with Gasteiger partial charge < -0.3 is 10.2 Å². The normalized spacial score (nSPS) is 18.8. The molecule has 0 spiro atoms. The molecule has 1 atom stereocenters. The number of fused-ring (bicyclic) bond motifs is 3. The van der Waals surface area contributed by atoms with Crippen molar-refractivity contribution < 1.29 is 4.79 Å². The van der Waals surface area contributed by atoms with Crippen molar-refractivity contribution in [2.75, 3.05) is 37.6 Å². The molecule has 4 rings (SSSR count). The molecule has 154 valence electrons. The van der Waals surface area contributed by atoms with Crippen LogP contribution < -0.4 is 10.2 Å². The number of nitrogens with zero attached hydrogens (tertiary/aromatic N) is 2. The number of anilines is 1. The van der Waals surface area contributed by atoms with Crippen LogP contribution in [0.1, 0.15) is 35.2 Å². The Kier molecular flexibility index (Phi) is 6.63. The zero-order chi connectivity index (χ0) is 20.2. The summed E-state index contributed by atoms with van der Waals surface area (Å²) < 4.78 is 0. The first-order valence-electron chi connectivity index (χ1n) is 10.4. The Morgan fingerprint density at radius 1 is 1.07 bits per heavy atom. The lowest BCUT2D eigenvalue weighted by Gasteiger charge is -2.46. The zero-order valence-corrected chi connectivity index (χ0v) is 18.1. The second-order valence-electron chi connectivity index (χ2n) is 7.91. The largest absolute Gasteiger partial charge is 0.366 e. The molecule has 0 aromatic heterocycles. The smallest absolute Gasteiger partial charge is 0.251 e. The van der Waals surface area contributed by atoms with E-state index in [1.165, 1.54) is 24.1 Å². The standard InChI is InChI=1S/C23H27Cl2N3O/c24-20-10-8-18(15-21(20)25)23(29)26-11-3-4-12-27-13-14-28-19(16-27)9-7-17-5-1-2-6-22(17)28/h1-2,5-6,8,10,15,19H,3-4,7,9,11-14,16H2,(H,26,29). The highest BCUT2D eigenvalue weighted by molar-refractivity contribution is 6.42. The highest BCUT2D eigenvalue weighted by Gasteiger charge is 2.30. The van der Waals surface area contributed by atoms with Crippen LogP contribution in [0.2, 0.25) is 10.0 Å². The third-order valence-electron chi connectivity index (χ3n) is 5.98. The molecule has 1 fully saturated rings. The Balaban J connectivity index is 1.18. The number of carbonyl (C=O) groups excluding carboxylic acids is 1. The molecule has 0 bridgehead atoms.